The van der Waals surface area contributed by atoms with Crippen molar-refractivity contribution in [3.8, 4) is 0 Å². The molecule has 360 valence electrons. The Bertz CT molecular complexity index is 3080. The van der Waals surface area contributed by atoms with Crippen molar-refractivity contribution in [2.45, 2.75) is 11.8 Å². The van der Waals surface area contributed by atoms with Gasteiger partial charge in [-0.05, 0) is 95.1 Å². The standard InChI is InChI=1S/2C34H28N.BFO2/c2*1-6-16-27(17-7-1)32-26-35(30-22-12-4-13-23-30,31-24-14-5-15-25-31)34(29-20-10-3-11-21-29)33(32)28-18-8-2-9-19-28;2-1(3)4/h2*1-25,32H,26H2;/q2*+1;-2. The van der Waals surface area contributed by atoms with E-state index < -0.39 is 7.40 Å². The van der Waals surface area contributed by atoms with Gasteiger partial charge in [-0.25, -0.2) is 8.97 Å². The molecule has 0 saturated carbocycles. The third-order valence-corrected chi connectivity index (χ3v) is 14.3. The van der Waals surface area contributed by atoms with E-state index in [1.807, 2.05) is 0 Å². The van der Waals surface area contributed by atoms with Crippen molar-refractivity contribution in [1.29, 1.82) is 0 Å². The molecule has 0 amide bonds. The maximum absolute atomic E-state index is 9.89. The van der Waals surface area contributed by atoms with Gasteiger partial charge < -0.3 is 14.4 Å². The van der Waals surface area contributed by atoms with Crippen molar-refractivity contribution < 1.29 is 14.4 Å². The summed E-state index contributed by atoms with van der Waals surface area (Å²) < 4.78 is 11.2. The molecule has 4 nitrogen and oxygen atoms in total. The van der Waals surface area contributed by atoms with Gasteiger partial charge in [0.15, 0.2) is 11.4 Å². The van der Waals surface area contributed by atoms with Crippen molar-refractivity contribution in [1.82, 2.24) is 8.97 Å². The van der Waals surface area contributed by atoms with Crippen LogP contribution in [0.15, 0.2) is 303 Å². The van der Waals surface area contributed by atoms with E-state index >= 15 is 0 Å². The van der Waals surface area contributed by atoms with Gasteiger partial charge in [0.05, 0.1) is 11.8 Å². The van der Waals surface area contributed by atoms with E-state index in [1.54, 1.807) is 0 Å². The van der Waals surface area contributed by atoms with Crippen molar-refractivity contribution >= 4 is 52.7 Å². The summed E-state index contributed by atoms with van der Waals surface area (Å²) in [5, 5.41) is 16.6. The molecule has 74 heavy (non-hydrogen) atoms. The van der Waals surface area contributed by atoms with Gasteiger partial charge in [0.2, 0.25) is 0 Å². The number of halogens is 1. The van der Waals surface area contributed by atoms with Gasteiger partial charge in [-0.2, -0.15) is 0 Å². The third-order valence-electron chi connectivity index (χ3n) is 14.3. The number of benzene rings is 10. The Morgan fingerprint density at radius 3 is 0.703 bits per heavy atom. The van der Waals surface area contributed by atoms with E-state index in [9.17, 15) is 4.32 Å². The van der Waals surface area contributed by atoms with Gasteiger partial charge in [-0.15, -0.1) is 0 Å². The number of hydrogen-bond donors (Lipinski definition) is 0. The molecule has 0 saturated heterocycles. The Kier molecular flexibility index (Phi) is 15.2. The minimum absolute atomic E-state index is 0.245. The van der Waals surface area contributed by atoms with E-state index in [0.29, 0.717) is 8.97 Å². The average molecular weight is 963 g/mol. The zero-order valence-corrected chi connectivity index (χ0v) is 41.1. The minimum Gasteiger partial charge on any atom is -0.867 e. The van der Waals surface area contributed by atoms with E-state index in [0.717, 1.165) is 13.1 Å². The zero-order valence-electron chi connectivity index (χ0n) is 41.1. The topological polar surface area (TPSA) is 46.1 Å². The molecule has 0 fully saturated rings. The molecule has 2 atom stereocenters. The molecule has 2 aliphatic rings. The lowest BCUT2D eigenvalue weighted by atomic mass is 9.87. The van der Waals surface area contributed by atoms with Gasteiger partial charge in [0, 0.05) is 22.3 Å². The molecule has 0 spiro atoms. The number of quaternary nitrogens is 2. The summed E-state index contributed by atoms with van der Waals surface area (Å²) in [5.41, 5.74) is 18.4. The Balaban J connectivity index is 0.000000158. The second kappa shape index (κ2) is 22.9. The second-order valence-electron chi connectivity index (χ2n) is 18.5. The van der Waals surface area contributed by atoms with Crippen LogP contribution in [0.5, 0.6) is 0 Å². The molecule has 0 radical (unpaired) electrons. The molecule has 2 aliphatic heterocycles. The molecule has 0 bridgehead atoms. The maximum atomic E-state index is 9.89. The summed E-state index contributed by atoms with van der Waals surface area (Å²) in [7, 11) is -3.17. The highest BCUT2D eigenvalue weighted by Crippen LogP contribution is 2.58. The summed E-state index contributed by atoms with van der Waals surface area (Å²) >= 11 is 0. The SMILES string of the molecule is [O-]B([O-])F.c1ccc(C2=C(c3ccccc3)[N+](c3ccccc3)(c3ccccc3)CC2c2ccccc2)cc1.c1ccc(C2=C(c3ccccc3)[N+](c3ccccc3)(c3ccccc3)CC2c2ccccc2)cc1. The molecule has 0 aromatic heterocycles. The first kappa shape index (κ1) is 49.1. The highest BCUT2D eigenvalue weighted by molar-refractivity contribution is 6.27. The molecule has 10 aromatic carbocycles. The quantitative estimate of drug-likeness (QED) is 0.101. The molecular formula is C68H56BFN2O2. The van der Waals surface area contributed by atoms with Crippen LogP contribution in [0.3, 0.4) is 0 Å². The van der Waals surface area contributed by atoms with Crippen LogP contribution in [0.4, 0.5) is 27.1 Å². The van der Waals surface area contributed by atoms with Crippen molar-refractivity contribution in [3.05, 3.63) is 337 Å². The van der Waals surface area contributed by atoms with E-state index in [2.05, 4.69) is 303 Å². The molecular weight excluding hydrogens is 907 g/mol. The molecule has 0 aliphatic carbocycles. The monoisotopic (exact) mass is 962 g/mol. The van der Waals surface area contributed by atoms with Crippen molar-refractivity contribution in [3.63, 3.8) is 0 Å². The van der Waals surface area contributed by atoms with Crippen molar-refractivity contribution in [2.75, 3.05) is 13.1 Å². The summed E-state index contributed by atoms with van der Waals surface area (Å²) in [6, 6.07) is 110. The Morgan fingerprint density at radius 1 is 0.284 bits per heavy atom. The van der Waals surface area contributed by atoms with Crippen LogP contribution in [0.2, 0.25) is 0 Å². The van der Waals surface area contributed by atoms with Gasteiger partial charge >= 0.3 is 0 Å². The number of para-hydroxylation sites is 4. The highest BCUT2D eigenvalue weighted by atomic mass is 19.1. The molecule has 6 heteroatoms. The molecule has 10 aromatic rings. The van der Waals surface area contributed by atoms with Gasteiger partial charge in [0.25, 0.3) is 0 Å². The summed E-state index contributed by atoms with van der Waals surface area (Å²) in [6.07, 6.45) is 0. The maximum Gasteiger partial charge on any atom is 0.155 e. The Labute approximate surface area is 435 Å². The van der Waals surface area contributed by atoms with Gasteiger partial charge in [-0.3, -0.25) is 0 Å². The Hall–Kier alpha value is -8.49. The molecule has 2 unspecified atom stereocenters. The zero-order chi connectivity index (χ0) is 50.6. The van der Waals surface area contributed by atoms with E-state index in [4.69, 9.17) is 10.0 Å². The van der Waals surface area contributed by atoms with Crippen LogP contribution in [0.1, 0.15) is 45.2 Å². The van der Waals surface area contributed by atoms with Crippen molar-refractivity contribution in [2.24, 2.45) is 0 Å². The second-order valence-corrected chi connectivity index (χ2v) is 18.5. The van der Waals surface area contributed by atoms with Gasteiger partial charge in [-0.1, -0.05) is 231 Å². The number of hydrogen-bond acceptors (Lipinski definition) is 2. The lowest BCUT2D eigenvalue weighted by Crippen LogP contribution is -2.41. The molecule has 0 N–H and O–H groups in total. The first-order chi connectivity index (χ1) is 36.5. The van der Waals surface area contributed by atoms with Crippen LogP contribution in [-0.2, 0) is 0 Å². The predicted molar refractivity (Wildman–Crippen MR) is 303 cm³/mol. The van der Waals surface area contributed by atoms with Crippen LogP contribution < -0.4 is 19.0 Å². The van der Waals surface area contributed by atoms with Crippen LogP contribution >= 0.6 is 0 Å². The smallest absolute Gasteiger partial charge is 0.155 e. The Morgan fingerprint density at radius 2 is 0.473 bits per heavy atom. The third kappa shape index (κ3) is 10.0. The van der Waals surface area contributed by atoms with E-state index in [1.165, 1.54) is 78.7 Å². The average Bonchev–Trinajstić information content (AvgIpc) is 4.04. The number of nitrogens with zero attached hydrogens (tertiary/aromatic N) is 2. The lowest BCUT2D eigenvalue weighted by molar-refractivity contribution is -0.366. The van der Waals surface area contributed by atoms with E-state index in [-0.39, 0.29) is 11.8 Å². The summed E-state index contributed by atoms with van der Waals surface area (Å²) in [5.74, 6) is 0.489. The fraction of sp³-hybridized carbons (Fsp3) is 0.0588. The molecule has 2 heterocycles. The largest absolute Gasteiger partial charge is 0.867 e. The van der Waals surface area contributed by atoms with Gasteiger partial charge in [0.1, 0.15) is 43.2 Å². The fourth-order valence-corrected chi connectivity index (χ4v) is 11.4. The lowest BCUT2D eigenvalue weighted by Gasteiger charge is -2.36. The highest BCUT2D eigenvalue weighted by Gasteiger charge is 2.52. The normalized spacial score (nSPS) is 16.3. The van der Waals surface area contributed by atoms with Crippen LogP contribution in [0, 0.1) is 0 Å². The molecule has 12 rings (SSSR count). The van der Waals surface area contributed by atoms with Crippen LogP contribution in [-0.4, -0.2) is 20.5 Å². The van der Waals surface area contributed by atoms with Crippen LogP contribution in [0.25, 0.3) is 22.5 Å². The minimum atomic E-state index is -3.17. The first-order valence-electron chi connectivity index (χ1n) is 25.2. The first-order valence-corrected chi connectivity index (χ1v) is 25.2. The summed E-state index contributed by atoms with van der Waals surface area (Å²) in [6.45, 7) is 1.85. The predicted octanol–water partition coefficient (Wildman–Crippen LogP) is 15.0. The summed E-state index contributed by atoms with van der Waals surface area (Å²) in [4.78, 5) is 0. The number of rotatable bonds is 10. The fourth-order valence-electron chi connectivity index (χ4n) is 11.4.